The Morgan fingerprint density at radius 1 is 1.24 bits per heavy atom. The predicted octanol–water partition coefficient (Wildman–Crippen LogP) is 2.86. The molecule has 0 radical (unpaired) electrons. The number of nitrogen functional groups attached to an aromatic ring is 1. The van der Waals surface area contributed by atoms with Crippen LogP contribution in [0.25, 0.3) is 0 Å². The summed E-state index contributed by atoms with van der Waals surface area (Å²) in [5, 5.41) is 2.92. The molecule has 1 amide bonds. The maximum atomic E-state index is 12.1. The number of amides is 1. The number of rotatable bonds is 4. The van der Waals surface area contributed by atoms with Crippen LogP contribution in [0.3, 0.4) is 0 Å². The monoisotopic (exact) mass is 287 g/mol. The first-order valence-corrected chi connectivity index (χ1v) is 8.12. The molecule has 2 atom stereocenters. The van der Waals surface area contributed by atoms with Crippen LogP contribution >= 0.6 is 0 Å². The van der Waals surface area contributed by atoms with Crippen molar-refractivity contribution in [3.05, 3.63) is 24.3 Å². The van der Waals surface area contributed by atoms with Crippen molar-refractivity contribution in [1.82, 2.24) is 4.90 Å². The number of fused-ring (bicyclic) bond motifs is 1. The van der Waals surface area contributed by atoms with Gasteiger partial charge in [0.1, 0.15) is 0 Å². The van der Waals surface area contributed by atoms with Crippen molar-refractivity contribution in [2.24, 2.45) is 5.92 Å². The number of nitrogens with two attached hydrogens (primary N) is 1. The fraction of sp³-hybridized carbons (Fsp3) is 0.588. The highest BCUT2D eigenvalue weighted by molar-refractivity contribution is 5.93. The average molecular weight is 287 g/mol. The van der Waals surface area contributed by atoms with Gasteiger partial charge in [0.2, 0.25) is 5.91 Å². The molecule has 4 heteroatoms. The van der Waals surface area contributed by atoms with Gasteiger partial charge in [0, 0.05) is 19.0 Å². The lowest BCUT2D eigenvalue weighted by atomic mass is 9.85. The second-order valence-corrected chi connectivity index (χ2v) is 6.32. The average Bonchev–Trinajstić information content (AvgIpc) is 2.91. The van der Waals surface area contributed by atoms with Crippen molar-refractivity contribution < 1.29 is 4.79 Å². The molecule has 0 aromatic heterocycles. The first kappa shape index (κ1) is 14.4. The van der Waals surface area contributed by atoms with Crippen molar-refractivity contribution in [2.45, 2.75) is 44.6 Å². The third kappa shape index (κ3) is 3.38. The molecule has 2 fully saturated rings. The van der Waals surface area contributed by atoms with E-state index in [1.807, 2.05) is 24.3 Å². The number of para-hydroxylation sites is 2. The van der Waals surface area contributed by atoms with Crippen LogP contribution in [0.4, 0.5) is 11.4 Å². The van der Waals surface area contributed by atoms with Crippen LogP contribution < -0.4 is 11.1 Å². The lowest BCUT2D eigenvalue weighted by molar-refractivity contribution is -0.116. The molecule has 1 saturated carbocycles. The summed E-state index contributed by atoms with van der Waals surface area (Å²) in [6.45, 7) is 2.04. The van der Waals surface area contributed by atoms with Crippen molar-refractivity contribution in [3.8, 4) is 0 Å². The number of hydrogen-bond acceptors (Lipinski definition) is 3. The number of nitrogens with one attached hydrogen (secondary N) is 1. The quantitative estimate of drug-likeness (QED) is 0.837. The molecule has 2 unspecified atom stereocenters. The van der Waals surface area contributed by atoms with Crippen molar-refractivity contribution in [2.75, 3.05) is 24.1 Å². The van der Waals surface area contributed by atoms with Crippen LogP contribution in [0.2, 0.25) is 0 Å². The molecule has 4 nitrogen and oxygen atoms in total. The number of carbonyl (C=O) groups excluding carboxylic acids is 1. The van der Waals surface area contributed by atoms with Crippen LogP contribution in [0.5, 0.6) is 0 Å². The number of anilines is 2. The lowest BCUT2D eigenvalue weighted by Crippen LogP contribution is -2.36. The number of nitrogens with zero attached hydrogens (tertiary/aromatic N) is 1. The molecule has 1 aromatic carbocycles. The number of benzene rings is 1. The normalized spacial score (nSPS) is 25.5. The molecule has 3 N–H and O–H groups in total. The molecule has 1 aliphatic carbocycles. The van der Waals surface area contributed by atoms with Crippen LogP contribution in [-0.2, 0) is 4.79 Å². The van der Waals surface area contributed by atoms with Crippen LogP contribution in [0.1, 0.15) is 38.5 Å². The van der Waals surface area contributed by atoms with Crippen molar-refractivity contribution in [3.63, 3.8) is 0 Å². The van der Waals surface area contributed by atoms with E-state index >= 15 is 0 Å². The minimum Gasteiger partial charge on any atom is -0.397 e. The number of carbonyl (C=O) groups is 1. The molecule has 114 valence electrons. The predicted molar refractivity (Wildman–Crippen MR) is 86.0 cm³/mol. The molecule has 21 heavy (non-hydrogen) atoms. The van der Waals surface area contributed by atoms with E-state index in [0.29, 0.717) is 12.1 Å². The van der Waals surface area contributed by atoms with Gasteiger partial charge in [-0.15, -0.1) is 0 Å². The molecular formula is C17H25N3O. The van der Waals surface area contributed by atoms with Gasteiger partial charge in [-0.3, -0.25) is 9.69 Å². The Morgan fingerprint density at radius 2 is 2.05 bits per heavy atom. The van der Waals surface area contributed by atoms with Gasteiger partial charge in [-0.1, -0.05) is 25.0 Å². The fourth-order valence-electron chi connectivity index (χ4n) is 3.85. The Bertz CT molecular complexity index is 503. The Morgan fingerprint density at radius 3 is 2.90 bits per heavy atom. The summed E-state index contributed by atoms with van der Waals surface area (Å²) in [6, 6.07) is 8.15. The maximum Gasteiger partial charge on any atom is 0.225 e. The van der Waals surface area contributed by atoms with Gasteiger partial charge >= 0.3 is 0 Å². The van der Waals surface area contributed by atoms with E-state index in [9.17, 15) is 4.79 Å². The summed E-state index contributed by atoms with van der Waals surface area (Å²) < 4.78 is 0. The van der Waals surface area contributed by atoms with E-state index < -0.39 is 0 Å². The highest BCUT2D eigenvalue weighted by Crippen LogP contribution is 2.36. The topological polar surface area (TPSA) is 58.4 Å². The fourth-order valence-corrected chi connectivity index (χ4v) is 3.85. The first-order valence-electron chi connectivity index (χ1n) is 8.12. The summed E-state index contributed by atoms with van der Waals surface area (Å²) in [4.78, 5) is 14.6. The van der Waals surface area contributed by atoms with E-state index in [0.717, 1.165) is 30.7 Å². The molecule has 1 heterocycles. The van der Waals surface area contributed by atoms with Gasteiger partial charge in [-0.05, 0) is 43.9 Å². The first-order chi connectivity index (χ1) is 10.2. The third-order valence-corrected chi connectivity index (χ3v) is 4.99. The molecule has 0 bridgehead atoms. The zero-order valence-electron chi connectivity index (χ0n) is 12.6. The summed E-state index contributed by atoms with van der Waals surface area (Å²) in [6.07, 6.45) is 7.31. The molecule has 2 aliphatic rings. The van der Waals surface area contributed by atoms with Gasteiger partial charge in [0.05, 0.1) is 11.4 Å². The molecular weight excluding hydrogens is 262 g/mol. The second kappa shape index (κ2) is 6.48. The van der Waals surface area contributed by atoms with Crippen molar-refractivity contribution >= 4 is 17.3 Å². The zero-order valence-corrected chi connectivity index (χ0v) is 12.6. The third-order valence-electron chi connectivity index (χ3n) is 4.99. The van der Waals surface area contributed by atoms with Crippen LogP contribution in [0.15, 0.2) is 24.3 Å². The standard InChI is InChI=1S/C17H25N3O/c18-14-6-2-3-7-15(14)19-17(21)10-12-20-11-9-13-5-1-4-8-16(13)20/h2-3,6-7,13,16H,1,4-5,8-12,18H2,(H,19,21). The molecule has 1 aliphatic heterocycles. The highest BCUT2D eigenvalue weighted by atomic mass is 16.1. The van der Waals surface area contributed by atoms with Gasteiger partial charge in [0.15, 0.2) is 0 Å². The second-order valence-electron chi connectivity index (χ2n) is 6.32. The Hall–Kier alpha value is -1.55. The van der Waals surface area contributed by atoms with Gasteiger partial charge in [0.25, 0.3) is 0 Å². The lowest BCUT2D eigenvalue weighted by Gasteiger charge is -2.31. The largest absolute Gasteiger partial charge is 0.397 e. The Balaban J connectivity index is 1.49. The molecule has 1 saturated heterocycles. The molecule has 1 aromatic rings. The van der Waals surface area contributed by atoms with Crippen molar-refractivity contribution in [1.29, 1.82) is 0 Å². The summed E-state index contributed by atoms with van der Waals surface area (Å²) in [5.41, 5.74) is 7.20. The maximum absolute atomic E-state index is 12.1. The molecule has 0 spiro atoms. The van der Waals surface area contributed by atoms with E-state index in [-0.39, 0.29) is 5.91 Å². The summed E-state index contributed by atoms with van der Waals surface area (Å²) >= 11 is 0. The van der Waals surface area contributed by atoms with Crippen LogP contribution in [-0.4, -0.2) is 29.9 Å². The Labute approximate surface area is 126 Å². The number of likely N-dealkylation sites (tertiary alicyclic amines) is 1. The Kier molecular flexibility index (Phi) is 4.44. The van der Waals surface area contributed by atoms with Gasteiger partial charge in [-0.25, -0.2) is 0 Å². The van der Waals surface area contributed by atoms with Gasteiger partial charge < -0.3 is 11.1 Å². The van der Waals surface area contributed by atoms with Crippen LogP contribution in [0, 0.1) is 5.92 Å². The molecule has 3 rings (SSSR count). The minimum atomic E-state index is 0.0622. The highest BCUT2D eigenvalue weighted by Gasteiger charge is 2.35. The smallest absolute Gasteiger partial charge is 0.225 e. The van der Waals surface area contributed by atoms with E-state index in [4.69, 9.17) is 5.73 Å². The van der Waals surface area contributed by atoms with E-state index in [1.165, 1.54) is 32.1 Å². The summed E-state index contributed by atoms with van der Waals surface area (Å²) in [5.74, 6) is 0.943. The summed E-state index contributed by atoms with van der Waals surface area (Å²) in [7, 11) is 0. The minimum absolute atomic E-state index is 0.0622. The number of hydrogen-bond donors (Lipinski definition) is 2. The zero-order chi connectivity index (χ0) is 14.7. The SMILES string of the molecule is Nc1ccccc1NC(=O)CCN1CCC2CCCCC21. The van der Waals surface area contributed by atoms with E-state index in [2.05, 4.69) is 10.2 Å². The van der Waals surface area contributed by atoms with E-state index in [1.54, 1.807) is 0 Å². The van der Waals surface area contributed by atoms with Gasteiger partial charge in [-0.2, -0.15) is 0 Å².